The number of imide groups is 1. The number of carbonyl (C=O) groups is 7. The first-order valence-corrected chi connectivity index (χ1v) is 30.0. The van der Waals surface area contributed by atoms with Crippen molar-refractivity contribution in [1.82, 2.24) is 20.0 Å². The van der Waals surface area contributed by atoms with Gasteiger partial charge in [-0.25, -0.2) is 14.2 Å². The average molecular weight is 1130 g/mol. The minimum absolute atomic E-state index is 0.0390. The molecule has 3 saturated carbocycles. The second-order valence-electron chi connectivity index (χ2n) is 21.2. The maximum atomic E-state index is 14.6. The molecule has 0 spiro atoms. The molecule has 0 radical (unpaired) electrons. The van der Waals surface area contributed by atoms with Gasteiger partial charge in [-0.2, -0.15) is 0 Å². The van der Waals surface area contributed by atoms with Crippen LogP contribution in [0.3, 0.4) is 0 Å². The Morgan fingerprint density at radius 3 is 2.06 bits per heavy atom. The third kappa shape index (κ3) is 11.7. The highest BCUT2D eigenvalue weighted by Gasteiger charge is 2.76. The number of halogens is 1. The molecule has 3 fully saturated rings. The molecule has 7 amide bonds. The van der Waals surface area contributed by atoms with E-state index in [1.807, 2.05) is 50.2 Å². The molecule has 3 heterocycles. The number of nitrogens with zero attached hydrogens (tertiary/aromatic N) is 5. The summed E-state index contributed by atoms with van der Waals surface area (Å²) < 4.78 is 28.4. The summed E-state index contributed by atoms with van der Waals surface area (Å²) in [7, 11) is 1.31. The summed E-state index contributed by atoms with van der Waals surface area (Å²) in [4.78, 5) is 118. The van der Waals surface area contributed by atoms with Gasteiger partial charge in [0.2, 0.25) is 17.7 Å². The number of anilines is 2. The van der Waals surface area contributed by atoms with E-state index in [1.54, 1.807) is 52.9 Å². The van der Waals surface area contributed by atoms with Crippen LogP contribution in [-0.2, 0) is 39.7 Å². The zero-order valence-corrected chi connectivity index (χ0v) is 46.6. The van der Waals surface area contributed by atoms with Crippen LogP contribution >= 0.6 is 41.0 Å². The summed E-state index contributed by atoms with van der Waals surface area (Å²) in [6.45, 7) is 5.96. The van der Waals surface area contributed by atoms with Crippen LogP contribution in [0.15, 0.2) is 72.8 Å². The molecular formula is C54H62ClN6O13PS2. The van der Waals surface area contributed by atoms with Crippen LogP contribution in [0.25, 0.3) is 21.5 Å². The number of hydrogen-bond donors (Lipinski definition) is 3. The highest BCUT2D eigenvalue weighted by molar-refractivity contribution is 8.77. The topological polar surface area (TPSA) is 233 Å². The standard InChI is InChI=1S/C54H62ClN6O13PS2/c1-52(2,33-56-44(62)16-6-5-11-20-60-45(63)17-18-46(60)64)77-76-25-24-72-50(67)57(3)22-23-58(4)51(68)73-42-26-40-36(35-12-7-8-13-37(35)42)19-21-59(40)48(65)53-30-54(31-53,32-53)49(66)61-29-34(28-55)47-39-15-10-9-14-38(39)43(27-41(47)61)74-75(69,70)71/h7-10,12-15,17-18,26-27,34H,5-6,11,16,19-25,28-33H2,1-4H3,(H,56,62)(H2,69,70,71)/t34-,53?,54?/m1/s1. The molecule has 77 heavy (non-hydrogen) atoms. The van der Waals surface area contributed by atoms with Crippen LogP contribution in [0.4, 0.5) is 21.0 Å². The molecule has 0 saturated heterocycles. The van der Waals surface area contributed by atoms with E-state index in [1.165, 1.54) is 43.7 Å². The summed E-state index contributed by atoms with van der Waals surface area (Å²) in [5.41, 5.74) is 1.37. The van der Waals surface area contributed by atoms with Crippen LogP contribution in [-0.4, -0.2) is 143 Å². The van der Waals surface area contributed by atoms with Gasteiger partial charge in [0.05, 0.1) is 22.2 Å². The number of unbranched alkanes of at least 4 members (excludes halogenated alkanes) is 2. The molecule has 3 aliphatic heterocycles. The number of rotatable bonds is 22. The van der Waals surface area contributed by atoms with Gasteiger partial charge < -0.3 is 38.9 Å². The summed E-state index contributed by atoms with van der Waals surface area (Å²) in [6.07, 6.45) is 5.31. The molecule has 0 aromatic heterocycles. The summed E-state index contributed by atoms with van der Waals surface area (Å²) in [5, 5.41) is 5.72. The third-order valence-corrected chi connectivity index (χ3v) is 19.2. The number of likely N-dealkylation sites (N-methyl/N-ethyl adjacent to an activating group) is 2. The van der Waals surface area contributed by atoms with Crippen LogP contribution in [0.2, 0.25) is 0 Å². The van der Waals surface area contributed by atoms with Gasteiger partial charge in [-0.1, -0.05) is 76.5 Å². The van der Waals surface area contributed by atoms with Gasteiger partial charge in [-0.3, -0.25) is 38.7 Å². The molecule has 19 nitrogen and oxygen atoms in total. The molecular weight excluding hydrogens is 1070 g/mol. The van der Waals surface area contributed by atoms with Gasteiger partial charge in [0.25, 0.3) is 11.8 Å². The Morgan fingerprint density at radius 1 is 0.818 bits per heavy atom. The SMILES string of the molecule is CN(CCN(C)C(=O)Oc1cc2c(c3ccccc13)CCN2C(=O)C12CC(C(=O)N3C[C@@H](CCl)c4c3cc(OP(=O)(O)O)c3ccccc43)(C1)C2)C(=O)OCCSSC(C)(C)CNC(=O)CCCCCN1C(=O)C=CC1=O. The number of benzene rings is 4. The first-order valence-electron chi connectivity index (χ1n) is 25.6. The fourth-order valence-electron chi connectivity index (χ4n) is 11.2. The van der Waals surface area contributed by atoms with E-state index in [-0.39, 0.29) is 83.8 Å². The summed E-state index contributed by atoms with van der Waals surface area (Å²) in [6, 6.07) is 17.9. The second kappa shape index (κ2) is 22.5. The average Bonchev–Trinajstić information content (AvgIpc) is 3.98. The minimum Gasteiger partial charge on any atom is -0.449 e. The summed E-state index contributed by atoms with van der Waals surface area (Å²) in [5.74, 6) is -0.187. The smallest absolute Gasteiger partial charge is 0.449 e. The Morgan fingerprint density at radius 2 is 1.42 bits per heavy atom. The molecule has 3 N–H and O–H groups in total. The lowest BCUT2D eigenvalue weighted by Gasteiger charge is -2.69. The number of alkyl halides is 1. The third-order valence-electron chi connectivity index (χ3n) is 15.1. The van der Waals surface area contributed by atoms with Gasteiger partial charge in [-0.05, 0) is 74.3 Å². The number of fused-ring (bicyclic) bond motifs is 6. The van der Waals surface area contributed by atoms with Crippen molar-refractivity contribution in [1.29, 1.82) is 0 Å². The molecule has 23 heteroatoms. The fourth-order valence-corrected chi connectivity index (χ4v) is 14.2. The summed E-state index contributed by atoms with van der Waals surface area (Å²) >= 11 is 6.49. The lowest BCUT2D eigenvalue weighted by Crippen LogP contribution is -2.72. The van der Waals surface area contributed by atoms with Gasteiger partial charge in [0.1, 0.15) is 18.1 Å². The fraction of sp³-hybridized carbons (Fsp3) is 0.463. The first-order chi connectivity index (χ1) is 36.6. The monoisotopic (exact) mass is 1130 g/mol. The maximum absolute atomic E-state index is 14.6. The van der Waals surface area contributed by atoms with E-state index >= 15 is 0 Å². The lowest BCUT2D eigenvalue weighted by molar-refractivity contribution is -0.204. The molecule has 2 bridgehead atoms. The highest BCUT2D eigenvalue weighted by Crippen LogP contribution is 2.75. The zero-order valence-electron chi connectivity index (χ0n) is 43.3. The lowest BCUT2D eigenvalue weighted by atomic mass is 9.34. The molecule has 410 valence electrons. The quantitative estimate of drug-likeness (QED) is 0.0222. The van der Waals surface area contributed by atoms with Crippen molar-refractivity contribution in [2.24, 2.45) is 10.8 Å². The van der Waals surface area contributed by atoms with Crippen molar-refractivity contribution in [2.75, 3.05) is 81.4 Å². The van der Waals surface area contributed by atoms with Crippen LogP contribution in [0.5, 0.6) is 11.5 Å². The van der Waals surface area contributed by atoms with Crippen molar-refractivity contribution in [3.05, 3.63) is 83.9 Å². The van der Waals surface area contributed by atoms with E-state index in [2.05, 4.69) is 5.32 Å². The van der Waals surface area contributed by atoms with Crippen LogP contribution in [0, 0.1) is 10.8 Å². The van der Waals surface area contributed by atoms with Gasteiger partial charge in [-0.15, -0.1) is 11.6 Å². The molecule has 4 aromatic carbocycles. The molecule has 10 rings (SSSR count). The van der Waals surface area contributed by atoms with Gasteiger partial charge >= 0.3 is 20.0 Å². The largest absolute Gasteiger partial charge is 0.524 e. The Kier molecular flexibility index (Phi) is 16.3. The predicted octanol–water partition coefficient (Wildman–Crippen LogP) is 8.15. The van der Waals surface area contributed by atoms with Crippen molar-refractivity contribution >= 4 is 116 Å². The van der Waals surface area contributed by atoms with E-state index < -0.39 is 30.8 Å². The van der Waals surface area contributed by atoms with Crippen molar-refractivity contribution in [3.8, 4) is 11.5 Å². The van der Waals surface area contributed by atoms with E-state index in [0.29, 0.717) is 97.9 Å². The Hall–Kier alpha value is -5.83. The van der Waals surface area contributed by atoms with E-state index in [0.717, 1.165) is 22.9 Å². The molecule has 4 aromatic rings. The predicted molar refractivity (Wildman–Crippen MR) is 295 cm³/mol. The van der Waals surface area contributed by atoms with Crippen molar-refractivity contribution in [3.63, 3.8) is 0 Å². The molecule has 0 unspecified atom stereocenters. The number of carbonyl (C=O) groups excluding carboxylic acids is 7. The number of phosphoric ester groups is 1. The number of ether oxygens (including phenoxy) is 2. The molecule has 6 aliphatic rings. The minimum atomic E-state index is -4.94. The second-order valence-corrected chi connectivity index (χ2v) is 25.8. The molecule has 1 atom stereocenters. The Bertz CT molecular complexity index is 3100. The number of nitrogens with one attached hydrogen (secondary N) is 1. The van der Waals surface area contributed by atoms with Crippen LogP contribution < -0.4 is 24.4 Å². The number of amides is 7. The first kappa shape index (κ1) is 55.9. The highest BCUT2D eigenvalue weighted by atomic mass is 35.5. The van der Waals surface area contributed by atoms with Crippen LogP contribution in [0.1, 0.15) is 75.8 Å². The number of hydrogen-bond acceptors (Lipinski definition) is 13. The van der Waals surface area contributed by atoms with E-state index in [9.17, 15) is 47.9 Å². The normalized spacial score (nSPS) is 20.2. The zero-order chi connectivity index (χ0) is 55.0. The Balaban J connectivity index is 0.733. The van der Waals surface area contributed by atoms with Gasteiger partial charge in [0.15, 0.2) is 0 Å². The maximum Gasteiger partial charge on any atom is 0.524 e. The van der Waals surface area contributed by atoms with E-state index in [4.69, 9.17) is 25.6 Å². The van der Waals surface area contributed by atoms with Gasteiger partial charge in [0, 0.05) is 117 Å². The van der Waals surface area contributed by atoms with Crippen molar-refractivity contribution < 1.29 is 61.9 Å². The molecule has 3 aliphatic carbocycles. The number of phosphoric acid groups is 1. The van der Waals surface area contributed by atoms with Crippen molar-refractivity contribution in [2.45, 2.75) is 75.9 Å². The Labute approximate surface area is 458 Å².